The molecule has 1 heterocycles. The number of carbonyl (C=O) groups is 3. The molecule has 4 N–H and O–H groups in total. The first-order valence-corrected chi connectivity index (χ1v) is 17.8. The van der Waals surface area contributed by atoms with Crippen LogP contribution in [0.3, 0.4) is 0 Å². The maximum Gasteiger partial charge on any atom is 0.314 e. The number of urea groups is 1. The van der Waals surface area contributed by atoms with E-state index in [1.54, 1.807) is 0 Å². The van der Waals surface area contributed by atoms with Gasteiger partial charge in [0.05, 0.1) is 98.9 Å². The standard InChI is InChI=1S/C28H53N3O11S2/c32-26(4-5-27(33)34)29-8-10-36-12-14-38-16-18-40-20-22-42-23-21-41-19-17-39-15-13-37-11-9-31-28(35)30-7-2-1-3-25-6-24-43-44-25/h25H,1-24H2,(H,29,32)(H,33,34)(H2,30,31,35). The number of nitrogens with one attached hydrogen (secondary N) is 3. The highest BCUT2D eigenvalue weighted by Gasteiger charge is 2.15. The van der Waals surface area contributed by atoms with E-state index >= 15 is 0 Å². The summed E-state index contributed by atoms with van der Waals surface area (Å²) in [5, 5.41) is 17.6. The third-order valence-electron chi connectivity index (χ3n) is 5.86. The summed E-state index contributed by atoms with van der Waals surface area (Å²) in [7, 11) is 3.97. The highest BCUT2D eigenvalue weighted by atomic mass is 33.1. The Morgan fingerprint density at radius 1 is 0.591 bits per heavy atom. The fraction of sp³-hybridized carbons (Fsp3) is 0.893. The smallest absolute Gasteiger partial charge is 0.314 e. The van der Waals surface area contributed by atoms with Gasteiger partial charge in [-0.25, -0.2) is 4.79 Å². The van der Waals surface area contributed by atoms with E-state index in [1.165, 1.54) is 18.6 Å². The van der Waals surface area contributed by atoms with Gasteiger partial charge in [0.2, 0.25) is 5.91 Å². The summed E-state index contributed by atoms with van der Waals surface area (Å²) < 4.78 is 37.9. The third-order valence-corrected chi connectivity index (χ3v) is 8.87. The number of carboxylic acid groups (broad SMARTS) is 1. The average Bonchev–Trinajstić information content (AvgIpc) is 3.53. The lowest BCUT2D eigenvalue weighted by Crippen LogP contribution is -2.37. The predicted octanol–water partition coefficient (Wildman–Crippen LogP) is 1.71. The molecule has 0 saturated carbocycles. The van der Waals surface area contributed by atoms with Gasteiger partial charge >= 0.3 is 12.0 Å². The highest BCUT2D eigenvalue weighted by molar-refractivity contribution is 8.77. The average molecular weight is 672 g/mol. The number of carbonyl (C=O) groups excluding carboxylic acids is 2. The van der Waals surface area contributed by atoms with Crippen LogP contribution in [-0.4, -0.2) is 146 Å². The summed E-state index contributed by atoms with van der Waals surface area (Å²) >= 11 is 0. The van der Waals surface area contributed by atoms with E-state index in [2.05, 4.69) is 16.0 Å². The molecule has 1 aliphatic heterocycles. The number of rotatable bonds is 32. The van der Waals surface area contributed by atoms with E-state index in [9.17, 15) is 14.4 Å². The second-order valence-electron chi connectivity index (χ2n) is 9.54. The first-order valence-electron chi connectivity index (χ1n) is 15.4. The summed E-state index contributed by atoms with van der Waals surface area (Å²) in [6.07, 6.45) is 4.50. The molecule has 1 atom stereocenters. The molecular weight excluding hydrogens is 618 g/mol. The first kappa shape index (κ1) is 40.7. The Labute approximate surface area is 269 Å². The number of ether oxygens (including phenoxy) is 7. The highest BCUT2D eigenvalue weighted by Crippen LogP contribution is 2.39. The maximum atomic E-state index is 11.8. The minimum Gasteiger partial charge on any atom is -0.481 e. The molecule has 3 amide bonds. The molecule has 1 unspecified atom stereocenters. The molecular formula is C28H53N3O11S2. The molecule has 1 rings (SSSR count). The molecule has 14 nitrogen and oxygen atoms in total. The van der Waals surface area contributed by atoms with Gasteiger partial charge in [0, 0.05) is 37.1 Å². The second kappa shape index (κ2) is 31.6. The Balaban J connectivity index is 1.66. The molecule has 44 heavy (non-hydrogen) atoms. The molecule has 0 aromatic heterocycles. The topological polar surface area (TPSA) is 172 Å². The molecule has 16 heteroatoms. The lowest BCUT2D eigenvalue weighted by molar-refractivity contribution is -0.138. The minimum atomic E-state index is -0.995. The van der Waals surface area contributed by atoms with Crippen molar-refractivity contribution in [3.05, 3.63) is 0 Å². The van der Waals surface area contributed by atoms with Crippen molar-refractivity contribution in [1.82, 2.24) is 16.0 Å². The van der Waals surface area contributed by atoms with E-state index in [-0.39, 0.29) is 24.8 Å². The lowest BCUT2D eigenvalue weighted by Gasteiger charge is -2.10. The molecule has 0 aliphatic carbocycles. The van der Waals surface area contributed by atoms with Gasteiger partial charge in [-0.3, -0.25) is 9.59 Å². The molecule has 258 valence electrons. The Morgan fingerprint density at radius 2 is 1.05 bits per heavy atom. The SMILES string of the molecule is O=C(O)CCC(=O)NCCOCCOCCOCCOCCOCCOCCOCCNC(=O)NCCCCC1CCSS1. The van der Waals surface area contributed by atoms with Gasteiger partial charge in [0.15, 0.2) is 0 Å². The van der Waals surface area contributed by atoms with Crippen LogP contribution in [0.15, 0.2) is 0 Å². The van der Waals surface area contributed by atoms with Crippen LogP contribution in [0.4, 0.5) is 4.79 Å². The normalized spacial score (nSPS) is 14.5. The summed E-state index contributed by atoms with van der Waals surface area (Å²) in [6.45, 7) is 7.73. The van der Waals surface area contributed by atoms with E-state index in [0.717, 1.165) is 18.1 Å². The van der Waals surface area contributed by atoms with E-state index < -0.39 is 5.97 Å². The fourth-order valence-electron chi connectivity index (χ4n) is 3.56. The van der Waals surface area contributed by atoms with Crippen molar-refractivity contribution in [3.8, 4) is 0 Å². The zero-order valence-corrected chi connectivity index (χ0v) is 27.5. The summed E-state index contributed by atoms with van der Waals surface area (Å²) in [6, 6.07) is -0.148. The van der Waals surface area contributed by atoms with Crippen molar-refractivity contribution in [1.29, 1.82) is 0 Å². The van der Waals surface area contributed by atoms with Crippen molar-refractivity contribution >= 4 is 39.5 Å². The lowest BCUT2D eigenvalue weighted by atomic mass is 10.1. The monoisotopic (exact) mass is 671 g/mol. The molecule has 1 aliphatic rings. The van der Waals surface area contributed by atoms with Crippen molar-refractivity contribution in [3.63, 3.8) is 0 Å². The van der Waals surface area contributed by atoms with Crippen molar-refractivity contribution in [2.24, 2.45) is 0 Å². The van der Waals surface area contributed by atoms with Crippen LogP contribution in [0, 0.1) is 0 Å². The van der Waals surface area contributed by atoms with E-state index in [0.29, 0.717) is 112 Å². The quantitative estimate of drug-likeness (QED) is 0.0602. The molecule has 0 aromatic rings. The van der Waals surface area contributed by atoms with Gasteiger partial charge in [-0.1, -0.05) is 28.0 Å². The zero-order valence-electron chi connectivity index (χ0n) is 25.9. The number of unbranched alkanes of at least 4 members (excludes halogenated alkanes) is 1. The Morgan fingerprint density at radius 3 is 1.50 bits per heavy atom. The van der Waals surface area contributed by atoms with Crippen LogP contribution in [0.2, 0.25) is 0 Å². The second-order valence-corrected chi connectivity index (χ2v) is 12.3. The largest absolute Gasteiger partial charge is 0.481 e. The Kier molecular flexibility index (Phi) is 29.2. The number of aliphatic carboxylic acids is 1. The Bertz CT molecular complexity index is 708. The number of hydrogen-bond donors (Lipinski definition) is 4. The van der Waals surface area contributed by atoms with Crippen LogP contribution >= 0.6 is 21.6 Å². The van der Waals surface area contributed by atoms with Crippen molar-refractivity contribution in [2.75, 3.05) is 118 Å². The van der Waals surface area contributed by atoms with E-state index in [1.807, 2.05) is 21.6 Å². The molecule has 1 fully saturated rings. The molecule has 0 aromatic carbocycles. The van der Waals surface area contributed by atoms with Gasteiger partial charge in [0.1, 0.15) is 0 Å². The summed E-state index contributed by atoms with van der Waals surface area (Å²) in [5.41, 5.74) is 0. The van der Waals surface area contributed by atoms with Crippen LogP contribution < -0.4 is 16.0 Å². The number of hydrogen-bond acceptors (Lipinski definition) is 12. The van der Waals surface area contributed by atoms with Gasteiger partial charge in [-0.05, 0) is 19.3 Å². The maximum absolute atomic E-state index is 11.8. The minimum absolute atomic E-state index is 0.0343. The number of carboxylic acids is 1. The Hall–Kier alpha value is -1.37. The zero-order chi connectivity index (χ0) is 31.8. The molecule has 0 radical (unpaired) electrons. The predicted molar refractivity (Wildman–Crippen MR) is 169 cm³/mol. The van der Waals surface area contributed by atoms with Crippen molar-refractivity contribution in [2.45, 2.75) is 43.8 Å². The molecule has 0 bridgehead atoms. The molecule has 0 spiro atoms. The summed E-state index contributed by atoms with van der Waals surface area (Å²) in [4.78, 5) is 33.5. The molecule has 1 saturated heterocycles. The third kappa shape index (κ3) is 29.3. The van der Waals surface area contributed by atoms with Gasteiger partial charge < -0.3 is 54.2 Å². The van der Waals surface area contributed by atoms with E-state index in [4.69, 9.17) is 38.3 Å². The summed E-state index contributed by atoms with van der Waals surface area (Å²) in [5.74, 6) is -0.0329. The van der Waals surface area contributed by atoms with Gasteiger partial charge in [0.25, 0.3) is 0 Å². The van der Waals surface area contributed by atoms with Crippen molar-refractivity contribution < 1.29 is 52.6 Å². The first-order chi connectivity index (χ1) is 21.6. The number of amides is 3. The van der Waals surface area contributed by atoms with Crippen LogP contribution in [0.25, 0.3) is 0 Å². The van der Waals surface area contributed by atoms with Gasteiger partial charge in [-0.2, -0.15) is 0 Å². The van der Waals surface area contributed by atoms with Crippen LogP contribution in [0.5, 0.6) is 0 Å². The van der Waals surface area contributed by atoms with Crippen LogP contribution in [0.1, 0.15) is 38.5 Å². The van der Waals surface area contributed by atoms with Gasteiger partial charge in [-0.15, -0.1) is 0 Å². The fourth-order valence-corrected chi connectivity index (χ4v) is 6.58. The van der Waals surface area contributed by atoms with Crippen LogP contribution in [-0.2, 0) is 42.7 Å².